The molecular formula is C18H12ClN3O3. The van der Waals surface area contributed by atoms with E-state index in [2.05, 4.69) is 5.43 Å². The summed E-state index contributed by atoms with van der Waals surface area (Å²) < 4.78 is 5.31. The summed E-state index contributed by atoms with van der Waals surface area (Å²) in [6, 6.07) is 15.3. The minimum atomic E-state index is -0.518. The average molecular weight is 354 g/mol. The molecule has 2 aromatic carbocycles. The van der Waals surface area contributed by atoms with Crippen molar-refractivity contribution < 1.29 is 14.3 Å². The van der Waals surface area contributed by atoms with Gasteiger partial charge in [-0.15, -0.1) is 0 Å². The molecular weight excluding hydrogens is 342 g/mol. The molecule has 6 nitrogen and oxygen atoms in total. The molecule has 2 aromatic rings. The van der Waals surface area contributed by atoms with E-state index in [9.17, 15) is 9.59 Å². The van der Waals surface area contributed by atoms with Crippen LogP contribution in [-0.2, 0) is 9.59 Å². The molecule has 0 bridgehead atoms. The van der Waals surface area contributed by atoms with Gasteiger partial charge in [0.15, 0.2) is 6.61 Å². The summed E-state index contributed by atoms with van der Waals surface area (Å²) in [6.07, 6.45) is 1.44. The Morgan fingerprint density at radius 2 is 1.88 bits per heavy atom. The average Bonchev–Trinajstić information content (AvgIpc) is 2.90. The van der Waals surface area contributed by atoms with Crippen molar-refractivity contribution in [2.24, 2.45) is 0 Å². The normalized spacial score (nSPS) is 15.2. The number of nitrogens with one attached hydrogen (secondary N) is 1. The molecule has 1 aliphatic heterocycles. The van der Waals surface area contributed by atoms with Crippen molar-refractivity contribution in [2.45, 2.75) is 0 Å². The third-order valence-corrected chi connectivity index (χ3v) is 3.74. The number of anilines is 1. The van der Waals surface area contributed by atoms with Crippen LogP contribution in [0.1, 0.15) is 5.56 Å². The Balaban J connectivity index is 1.92. The molecule has 1 saturated heterocycles. The van der Waals surface area contributed by atoms with E-state index in [0.29, 0.717) is 22.0 Å². The highest BCUT2D eigenvalue weighted by Crippen LogP contribution is 2.26. The predicted octanol–water partition coefficient (Wildman–Crippen LogP) is 2.70. The third kappa shape index (κ3) is 3.47. The van der Waals surface area contributed by atoms with Crippen molar-refractivity contribution in [3.8, 4) is 11.8 Å². The number of carbonyl (C=O) groups excluding carboxylic acids is 2. The number of hydrogen-bond acceptors (Lipinski definition) is 4. The van der Waals surface area contributed by atoms with E-state index in [4.69, 9.17) is 21.6 Å². The van der Waals surface area contributed by atoms with Gasteiger partial charge < -0.3 is 4.74 Å². The monoisotopic (exact) mass is 353 g/mol. The highest BCUT2D eigenvalue weighted by atomic mass is 35.5. The first kappa shape index (κ1) is 16.6. The summed E-state index contributed by atoms with van der Waals surface area (Å²) in [5.41, 5.74) is 3.52. The van der Waals surface area contributed by atoms with Gasteiger partial charge in [-0.3, -0.25) is 15.0 Å². The quantitative estimate of drug-likeness (QED) is 0.676. The molecule has 0 aliphatic carbocycles. The van der Waals surface area contributed by atoms with Crippen molar-refractivity contribution >= 4 is 35.2 Å². The van der Waals surface area contributed by atoms with Gasteiger partial charge >= 0.3 is 0 Å². The summed E-state index contributed by atoms with van der Waals surface area (Å²) in [4.78, 5) is 24.8. The molecule has 0 saturated carbocycles. The molecule has 0 atom stereocenters. The lowest BCUT2D eigenvalue weighted by molar-refractivity contribution is -0.117. The van der Waals surface area contributed by atoms with Gasteiger partial charge in [0, 0.05) is 10.6 Å². The van der Waals surface area contributed by atoms with E-state index in [1.807, 2.05) is 6.07 Å². The number of para-hydroxylation sites is 1. The Kier molecular flexibility index (Phi) is 4.68. The summed E-state index contributed by atoms with van der Waals surface area (Å²) >= 11 is 5.84. The first-order valence-electron chi connectivity index (χ1n) is 7.31. The largest absolute Gasteiger partial charge is 0.478 e. The molecule has 2 amide bonds. The topological polar surface area (TPSA) is 82.4 Å². The molecule has 0 spiro atoms. The zero-order valence-electron chi connectivity index (χ0n) is 12.9. The lowest BCUT2D eigenvalue weighted by Gasteiger charge is -2.14. The fourth-order valence-corrected chi connectivity index (χ4v) is 2.45. The Morgan fingerprint density at radius 1 is 1.16 bits per heavy atom. The summed E-state index contributed by atoms with van der Waals surface area (Å²) in [5, 5.41) is 10.3. The first-order valence-corrected chi connectivity index (χ1v) is 7.69. The minimum Gasteiger partial charge on any atom is -0.478 e. The molecule has 124 valence electrons. The molecule has 0 unspecified atom stereocenters. The van der Waals surface area contributed by atoms with E-state index in [0.717, 1.165) is 5.01 Å². The van der Waals surface area contributed by atoms with E-state index < -0.39 is 11.8 Å². The second-order valence-electron chi connectivity index (χ2n) is 5.10. The maximum Gasteiger partial charge on any atom is 0.282 e. The second kappa shape index (κ2) is 7.07. The van der Waals surface area contributed by atoms with Gasteiger partial charge in [0.05, 0.1) is 5.69 Å². The maximum absolute atomic E-state index is 12.6. The SMILES string of the molecule is N#CCOc1ccccc1C=C1C(=O)NN(c2ccc(Cl)cc2)C1=O. The second-order valence-corrected chi connectivity index (χ2v) is 5.54. The standard InChI is InChI=1S/C18H12ClN3O3/c19-13-5-7-14(8-6-13)22-18(24)15(17(23)21-22)11-12-3-1-2-4-16(12)25-10-9-20/h1-8,11H,10H2,(H,21,23). The van der Waals surface area contributed by atoms with Gasteiger partial charge in [-0.1, -0.05) is 29.8 Å². The number of nitrogens with zero attached hydrogens (tertiary/aromatic N) is 2. The number of carbonyl (C=O) groups is 2. The molecule has 7 heteroatoms. The molecule has 1 heterocycles. The fraction of sp³-hybridized carbons (Fsp3) is 0.0556. The number of ether oxygens (including phenoxy) is 1. The van der Waals surface area contributed by atoms with Crippen LogP contribution < -0.4 is 15.2 Å². The smallest absolute Gasteiger partial charge is 0.282 e. The molecule has 0 radical (unpaired) electrons. The van der Waals surface area contributed by atoms with Crippen LogP contribution >= 0.6 is 11.6 Å². The number of hydrogen-bond donors (Lipinski definition) is 1. The van der Waals surface area contributed by atoms with Crippen LogP contribution in [0.5, 0.6) is 5.75 Å². The van der Waals surface area contributed by atoms with Gasteiger partial charge in [-0.25, -0.2) is 5.01 Å². The number of benzene rings is 2. The maximum atomic E-state index is 12.6. The lowest BCUT2D eigenvalue weighted by Crippen LogP contribution is -2.35. The van der Waals surface area contributed by atoms with Crippen molar-refractivity contribution in [2.75, 3.05) is 11.6 Å². The van der Waals surface area contributed by atoms with Gasteiger partial charge in [0.2, 0.25) is 0 Å². The van der Waals surface area contributed by atoms with Crippen molar-refractivity contribution in [1.29, 1.82) is 5.26 Å². The molecule has 25 heavy (non-hydrogen) atoms. The Labute approximate surface area is 148 Å². The number of hydrazine groups is 1. The van der Waals surface area contributed by atoms with Crippen LogP contribution in [0, 0.1) is 11.3 Å². The highest BCUT2D eigenvalue weighted by Gasteiger charge is 2.34. The van der Waals surface area contributed by atoms with Crippen LogP contribution in [0.2, 0.25) is 5.02 Å². The number of rotatable bonds is 4. The lowest BCUT2D eigenvalue weighted by atomic mass is 10.1. The molecule has 1 fully saturated rings. The highest BCUT2D eigenvalue weighted by molar-refractivity contribution is 6.32. The van der Waals surface area contributed by atoms with Crippen molar-refractivity contribution in [3.05, 3.63) is 64.7 Å². The van der Waals surface area contributed by atoms with Crippen LogP contribution in [0.25, 0.3) is 6.08 Å². The van der Waals surface area contributed by atoms with Gasteiger partial charge in [0.25, 0.3) is 11.8 Å². The Bertz CT molecular complexity index is 901. The fourth-order valence-electron chi connectivity index (χ4n) is 2.33. The third-order valence-electron chi connectivity index (χ3n) is 3.49. The van der Waals surface area contributed by atoms with E-state index in [-0.39, 0.29) is 12.2 Å². The van der Waals surface area contributed by atoms with Crippen LogP contribution in [0.3, 0.4) is 0 Å². The van der Waals surface area contributed by atoms with Gasteiger partial charge in [-0.05, 0) is 36.4 Å². The Hall–Kier alpha value is -3.30. The van der Waals surface area contributed by atoms with E-state index >= 15 is 0 Å². The number of halogens is 1. The Morgan fingerprint density at radius 3 is 2.60 bits per heavy atom. The summed E-state index contributed by atoms with van der Waals surface area (Å²) in [6.45, 7) is -0.128. The predicted molar refractivity (Wildman–Crippen MR) is 92.6 cm³/mol. The van der Waals surface area contributed by atoms with Gasteiger partial charge in [0.1, 0.15) is 17.4 Å². The molecule has 1 N–H and O–H groups in total. The van der Waals surface area contributed by atoms with Crippen LogP contribution in [-0.4, -0.2) is 18.4 Å². The van der Waals surface area contributed by atoms with E-state index in [1.54, 1.807) is 48.5 Å². The first-order chi connectivity index (χ1) is 12.1. The van der Waals surface area contributed by atoms with Crippen molar-refractivity contribution in [1.82, 2.24) is 5.43 Å². The number of amides is 2. The molecule has 1 aliphatic rings. The molecule has 0 aromatic heterocycles. The van der Waals surface area contributed by atoms with Crippen molar-refractivity contribution in [3.63, 3.8) is 0 Å². The zero-order valence-corrected chi connectivity index (χ0v) is 13.7. The zero-order chi connectivity index (χ0) is 17.8. The minimum absolute atomic E-state index is 0.0250. The van der Waals surface area contributed by atoms with E-state index in [1.165, 1.54) is 6.08 Å². The number of nitriles is 1. The summed E-state index contributed by atoms with van der Waals surface area (Å²) in [5.74, 6) is -0.584. The van der Waals surface area contributed by atoms with Gasteiger partial charge in [-0.2, -0.15) is 5.26 Å². The summed E-state index contributed by atoms with van der Waals surface area (Å²) in [7, 11) is 0. The van der Waals surface area contributed by atoms with Crippen LogP contribution in [0.15, 0.2) is 54.1 Å². The van der Waals surface area contributed by atoms with Crippen LogP contribution in [0.4, 0.5) is 5.69 Å². The molecule has 3 rings (SSSR count).